The maximum absolute atomic E-state index is 14.1. The van der Waals surface area contributed by atoms with Gasteiger partial charge in [0, 0.05) is 70.2 Å². The van der Waals surface area contributed by atoms with E-state index >= 15 is 0 Å². The molecule has 13 nitrogen and oxygen atoms in total. The largest absolute Gasteiger partial charge is 0.462 e. The fourth-order valence-corrected chi connectivity index (χ4v) is 7.57. The minimum atomic E-state index is -4.81. The van der Waals surface area contributed by atoms with E-state index in [0.29, 0.717) is 50.5 Å². The fourth-order valence-electron chi connectivity index (χ4n) is 7.32. The van der Waals surface area contributed by atoms with Crippen molar-refractivity contribution in [2.75, 3.05) is 61.8 Å². The first kappa shape index (κ1) is 41.4. The van der Waals surface area contributed by atoms with Gasteiger partial charge in [0.05, 0.1) is 28.4 Å². The predicted molar refractivity (Wildman–Crippen MR) is 208 cm³/mol. The lowest BCUT2D eigenvalue weighted by Gasteiger charge is -2.40. The van der Waals surface area contributed by atoms with Crippen molar-refractivity contribution in [2.24, 2.45) is 0 Å². The number of piperidine rings is 1. The number of urea groups is 1. The van der Waals surface area contributed by atoms with Crippen molar-refractivity contribution in [3.63, 3.8) is 0 Å². The quantitative estimate of drug-likeness (QED) is 0.112. The van der Waals surface area contributed by atoms with Crippen molar-refractivity contribution in [2.45, 2.75) is 76.7 Å². The van der Waals surface area contributed by atoms with Crippen LogP contribution in [0.5, 0.6) is 0 Å². The lowest BCUT2D eigenvalue weighted by atomic mass is 10.0. The summed E-state index contributed by atoms with van der Waals surface area (Å²) >= 11 is 6.11. The molecule has 57 heavy (non-hydrogen) atoms. The van der Waals surface area contributed by atoms with E-state index in [4.69, 9.17) is 26.8 Å². The number of aromatic nitrogens is 1. The molecule has 3 aliphatic rings. The van der Waals surface area contributed by atoms with Crippen molar-refractivity contribution in [3.05, 3.63) is 82.0 Å². The molecule has 4 amide bonds. The number of likely N-dealkylation sites (tertiary alicyclic amines) is 1. The molecule has 0 saturated carbocycles. The molecular formula is C40H47ClF3N7O6. The van der Waals surface area contributed by atoms with Crippen LogP contribution in [0.1, 0.15) is 72.5 Å². The monoisotopic (exact) mass is 813 g/mol. The summed E-state index contributed by atoms with van der Waals surface area (Å²) in [5.41, 5.74) is 5.96. The lowest BCUT2D eigenvalue weighted by molar-refractivity contribution is -0.141. The Kier molecular flexibility index (Phi) is 13.3. The first-order valence-electron chi connectivity index (χ1n) is 19.3. The second-order valence-electron chi connectivity index (χ2n) is 14.5. The number of ether oxygens (including phenoxy) is 2. The molecule has 3 aromatic rings. The number of carbonyl (C=O) groups is 4. The van der Waals surface area contributed by atoms with Gasteiger partial charge in [0.25, 0.3) is 5.91 Å². The first-order valence-corrected chi connectivity index (χ1v) is 19.6. The second-order valence-corrected chi connectivity index (χ2v) is 14.9. The number of hydrogen-bond acceptors (Lipinski definition) is 9. The third kappa shape index (κ3) is 10.2. The van der Waals surface area contributed by atoms with Gasteiger partial charge in [0.2, 0.25) is 0 Å². The molecule has 6 rings (SSSR count). The van der Waals surface area contributed by atoms with Crippen molar-refractivity contribution in [1.29, 1.82) is 0 Å². The zero-order chi connectivity index (χ0) is 40.7. The topological polar surface area (TPSA) is 151 Å². The number of nitrogens with zero attached hydrogens (tertiary/aromatic N) is 5. The highest BCUT2D eigenvalue weighted by molar-refractivity contribution is 6.33. The van der Waals surface area contributed by atoms with E-state index in [9.17, 15) is 32.3 Å². The van der Waals surface area contributed by atoms with Crippen LogP contribution in [0.3, 0.4) is 0 Å². The number of piperazine rings is 1. The number of hydrogen-bond donors (Lipinski definition) is 2. The molecule has 0 aliphatic carbocycles. The molecular weight excluding hydrogens is 767 g/mol. The summed E-state index contributed by atoms with van der Waals surface area (Å²) in [5, 5.41) is 2.58. The Balaban J connectivity index is 1.09. The van der Waals surface area contributed by atoms with Crippen LogP contribution in [0.15, 0.2) is 54.7 Å². The summed E-state index contributed by atoms with van der Waals surface area (Å²) in [5.74, 6) is -0.431. The van der Waals surface area contributed by atoms with Crippen LogP contribution in [-0.2, 0) is 33.4 Å². The number of amides is 4. The third-order valence-electron chi connectivity index (χ3n) is 10.6. The first-order chi connectivity index (χ1) is 27.3. The molecule has 0 radical (unpaired) electrons. The maximum Gasteiger partial charge on any atom is 0.418 e. The van der Waals surface area contributed by atoms with Crippen LogP contribution in [0.4, 0.5) is 40.0 Å². The van der Waals surface area contributed by atoms with Crippen LogP contribution in [0.2, 0.25) is 5.02 Å². The van der Waals surface area contributed by atoms with Gasteiger partial charge in [-0.25, -0.2) is 19.4 Å². The van der Waals surface area contributed by atoms with Crippen molar-refractivity contribution < 1.29 is 41.8 Å². The normalized spacial score (nSPS) is 16.8. The molecule has 2 saturated heterocycles. The van der Waals surface area contributed by atoms with Crippen molar-refractivity contribution in [1.82, 2.24) is 19.7 Å². The van der Waals surface area contributed by atoms with E-state index < -0.39 is 41.5 Å². The summed E-state index contributed by atoms with van der Waals surface area (Å²) < 4.78 is 52.8. The standard InChI is InChI=1S/C40H47ClF3N7O6/c1-2-3-4-7-20-56-37(53)27-10-11-34(46-24-27)48-16-18-49(19-17-48)36(52)33(23-26-21-30(40(42,43)44)35(45)31(41)22-26)57-39(55)50-14-12-29(13-15-50)51-25-28-8-5-6-9-32(28)47-38(51)54/h5-6,8-11,21-22,24,29,33H,2-4,7,12-20,23,25,45H2,1H3,(H,47,54)/t33-/m1/s1. The molecule has 0 bridgehead atoms. The number of para-hydroxylation sites is 1. The van der Waals surface area contributed by atoms with E-state index in [1.165, 1.54) is 22.1 Å². The molecule has 2 aromatic carbocycles. The van der Waals surface area contributed by atoms with Crippen molar-refractivity contribution >= 4 is 52.8 Å². The number of nitrogens with two attached hydrogens (primary N) is 1. The van der Waals surface area contributed by atoms with Crippen LogP contribution in [-0.4, -0.2) is 102 Å². The Hall–Kier alpha value is -5.25. The molecule has 0 unspecified atom stereocenters. The second kappa shape index (κ2) is 18.3. The molecule has 2 fully saturated rings. The van der Waals surface area contributed by atoms with Gasteiger partial charge in [-0.05, 0) is 60.7 Å². The molecule has 1 aromatic heterocycles. The van der Waals surface area contributed by atoms with Gasteiger partial charge >= 0.3 is 24.3 Å². The van der Waals surface area contributed by atoms with Gasteiger partial charge in [0.1, 0.15) is 5.82 Å². The molecule has 0 spiro atoms. The molecule has 3 N–H and O–H groups in total. The number of alkyl halides is 3. The van der Waals surface area contributed by atoms with E-state index in [2.05, 4.69) is 17.2 Å². The highest BCUT2D eigenvalue weighted by Gasteiger charge is 2.38. The van der Waals surface area contributed by atoms with Gasteiger partial charge in [-0.1, -0.05) is 56.0 Å². The minimum Gasteiger partial charge on any atom is -0.462 e. The van der Waals surface area contributed by atoms with Crippen LogP contribution in [0.25, 0.3) is 0 Å². The Labute approximate surface area is 334 Å². The van der Waals surface area contributed by atoms with Gasteiger partial charge in [-0.2, -0.15) is 13.2 Å². The summed E-state index contributed by atoms with van der Waals surface area (Å²) in [4.78, 5) is 64.1. The van der Waals surface area contributed by atoms with Crippen LogP contribution in [0, 0.1) is 0 Å². The van der Waals surface area contributed by atoms with Gasteiger partial charge < -0.3 is 40.1 Å². The Morgan fingerprint density at radius 2 is 1.72 bits per heavy atom. The van der Waals surface area contributed by atoms with Crippen LogP contribution >= 0.6 is 11.6 Å². The zero-order valence-corrected chi connectivity index (χ0v) is 32.5. The highest BCUT2D eigenvalue weighted by Crippen LogP contribution is 2.38. The SMILES string of the molecule is CCCCCCOC(=O)c1ccc(N2CCN(C(=O)[C@@H](Cc3cc(Cl)c(N)c(C(F)(F)F)c3)OC(=O)N3CCC(N4Cc5ccccc5NC4=O)CC3)CC2)nc1. The number of pyridine rings is 1. The molecule has 4 heterocycles. The number of nitrogens with one attached hydrogen (secondary N) is 1. The Morgan fingerprint density at radius 1 is 0.982 bits per heavy atom. The maximum atomic E-state index is 14.1. The third-order valence-corrected chi connectivity index (χ3v) is 10.9. The summed E-state index contributed by atoms with van der Waals surface area (Å²) in [7, 11) is 0. The number of fused-ring (bicyclic) bond motifs is 1. The number of rotatable bonds is 12. The van der Waals surface area contributed by atoms with E-state index in [1.54, 1.807) is 17.0 Å². The van der Waals surface area contributed by atoms with Gasteiger partial charge in [-0.15, -0.1) is 0 Å². The number of anilines is 3. The summed E-state index contributed by atoms with van der Waals surface area (Å²) in [6.45, 7) is 4.48. The van der Waals surface area contributed by atoms with E-state index in [-0.39, 0.29) is 55.3 Å². The Bertz CT molecular complexity index is 1920. The van der Waals surface area contributed by atoms with Gasteiger partial charge in [0.15, 0.2) is 6.10 Å². The number of halogens is 4. The highest BCUT2D eigenvalue weighted by atomic mass is 35.5. The number of benzene rings is 2. The molecule has 3 aliphatic heterocycles. The summed E-state index contributed by atoms with van der Waals surface area (Å²) in [6.07, 6.45) is -1.13. The predicted octanol–water partition coefficient (Wildman–Crippen LogP) is 6.98. The summed E-state index contributed by atoms with van der Waals surface area (Å²) in [6, 6.07) is 12.6. The average molecular weight is 814 g/mol. The number of nitrogen functional groups attached to an aromatic ring is 1. The van der Waals surface area contributed by atoms with Crippen LogP contribution < -0.4 is 16.0 Å². The smallest absolute Gasteiger partial charge is 0.418 e. The molecule has 1 atom stereocenters. The van der Waals surface area contributed by atoms with E-state index in [0.717, 1.165) is 43.0 Å². The number of unbranched alkanes of at least 4 members (excludes halogenated alkanes) is 3. The molecule has 306 valence electrons. The zero-order valence-electron chi connectivity index (χ0n) is 31.7. The lowest BCUT2D eigenvalue weighted by Crippen LogP contribution is -2.54. The van der Waals surface area contributed by atoms with Crippen molar-refractivity contribution in [3.8, 4) is 0 Å². The fraction of sp³-hybridized carbons (Fsp3) is 0.475. The average Bonchev–Trinajstić information content (AvgIpc) is 3.21. The minimum absolute atomic E-state index is 0.0187. The van der Waals surface area contributed by atoms with E-state index in [1.807, 2.05) is 29.2 Å². The Morgan fingerprint density at radius 3 is 2.40 bits per heavy atom. The number of carbonyl (C=O) groups excluding carboxylic acids is 4. The number of esters is 1. The molecule has 17 heteroatoms. The van der Waals surface area contributed by atoms with Gasteiger partial charge in [-0.3, -0.25) is 4.79 Å².